The molecule has 7 nitrogen and oxygen atoms in total. The Morgan fingerprint density at radius 2 is 2.07 bits per heavy atom. The molecule has 1 amide bonds. The molecule has 1 heterocycles. The van der Waals surface area contributed by atoms with E-state index in [2.05, 4.69) is 9.73 Å². The third kappa shape index (κ3) is 4.95. The van der Waals surface area contributed by atoms with Gasteiger partial charge in [0.25, 0.3) is 5.91 Å². The van der Waals surface area contributed by atoms with Gasteiger partial charge in [0.05, 0.1) is 24.1 Å². The molecule has 0 unspecified atom stereocenters. The number of amidine groups is 1. The molecule has 0 radical (unpaired) electrons. The van der Waals surface area contributed by atoms with Crippen molar-refractivity contribution >= 4 is 46.5 Å². The second kappa shape index (κ2) is 9.66. The van der Waals surface area contributed by atoms with Crippen LogP contribution in [0.5, 0.6) is 11.5 Å². The van der Waals surface area contributed by atoms with E-state index >= 15 is 0 Å². The van der Waals surface area contributed by atoms with Crippen molar-refractivity contribution in [1.82, 2.24) is 4.90 Å². The van der Waals surface area contributed by atoms with Crippen LogP contribution in [0.1, 0.15) is 19.4 Å². The Labute approximate surface area is 167 Å². The smallest absolute Gasteiger partial charge is 0.343 e. The Morgan fingerprint density at radius 1 is 1.33 bits per heavy atom. The van der Waals surface area contributed by atoms with Gasteiger partial charge in [0.2, 0.25) is 0 Å². The van der Waals surface area contributed by atoms with Crippen molar-refractivity contribution in [2.45, 2.75) is 13.8 Å². The summed E-state index contributed by atoms with van der Waals surface area (Å²) in [6.07, 6.45) is 1.73. The number of ether oxygens (including phenoxy) is 3. The van der Waals surface area contributed by atoms with Crippen molar-refractivity contribution in [3.05, 3.63) is 27.6 Å². The monoisotopic (exact) mass is 412 g/mol. The number of methoxy groups -OCH3 is 2. The Morgan fingerprint density at radius 3 is 2.67 bits per heavy atom. The van der Waals surface area contributed by atoms with Gasteiger partial charge in [-0.25, -0.2) is 4.79 Å². The van der Waals surface area contributed by atoms with Gasteiger partial charge in [-0.15, -0.1) is 0 Å². The fourth-order valence-corrected chi connectivity index (χ4v) is 3.72. The molecule has 146 valence electrons. The molecule has 1 aromatic carbocycles. The quantitative estimate of drug-likeness (QED) is 0.505. The predicted octanol–water partition coefficient (Wildman–Crippen LogP) is 3.21. The Bertz CT molecular complexity index is 794. The predicted molar refractivity (Wildman–Crippen MR) is 106 cm³/mol. The third-order valence-corrected chi connectivity index (χ3v) is 4.93. The molecule has 1 aliphatic heterocycles. The number of carbonyl (C=O) groups is 2. The zero-order valence-corrected chi connectivity index (χ0v) is 17.1. The number of nitrogens with zero attached hydrogens (tertiary/aromatic N) is 2. The first kappa shape index (κ1) is 21.1. The highest BCUT2D eigenvalue weighted by Gasteiger charge is 2.31. The van der Waals surface area contributed by atoms with Gasteiger partial charge in [0.15, 0.2) is 23.3 Å². The summed E-state index contributed by atoms with van der Waals surface area (Å²) in [5, 5.41) is 0.947. The molecule has 0 spiro atoms. The van der Waals surface area contributed by atoms with Crippen LogP contribution in [0.2, 0.25) is 5.02 Å². The number of carbonyl (C=O) groups excluding carboxylic acids is 2. The molecule has 27 heavy (non-hydrogen) atoms. The van der Waals surface area contributed by atoms with E-state index in [9.17, 15) is 9.59 Å². The molecule has 1 fully saturated rings. The van der Waals surface area contributed by atoms with Crippen LogP contribution in [-0.2, 0) is 14.3 Å². The lowest BCUT2D eigenvalue weighted by molar-refractivity contribution is -0.142. The average Bonchev–Trinajstić information content (AvgIpc) is 2.94. The zero-order chi connectivity index (χ0) is 20.0. The Balaban J connectivity index is 2.33. The van der Waals surface area contributed by atoms with Crippen molar-refractivity contribution in [1.29, 1.82) is 0 Å². The number of halogens is 1. The average molecular weight is 413 g/mol. The van der Waals surface area contributed by atoms with Gasteiger partial charge in [0, 0.05) is 13.1 Å². The zero-order valence-electron chi connectivity index (χ0n) is 15.6. The summed E-state index contributed by atoms with van der Waals surface area (Å²) in [5.74, 6) is -0.0468. The maximum absolute atomic E-state index is 12.6. The first-order valence-electron chi connectivity index (χ1n) is 8.28. The van der Waals surface area contributed by atoms with Gasteiger partial charge in [0.1, 0.15) is 0 Å². The Hall–Kier alpha value is -2.19. The molecule has 0 N–H and O–H groups in total. The van der Waals surface area contributed by atoms with Crippen LogP contribution < -0.4 is 9.47 Å². The second-order valence-electron chi connectivity index (χ2n) is 5.32. The van der Waals surface area contributed by atoms with Crippen LogP contribution in [-0.4, -0.2) is 55.9 Å². The molecule has 9 heteroatoms. The largest absolute Gasteiger partial charge is 0.493 e. The van der Waals surface area contributed by atoms with E-state index in [1.807, 2.05) is 13.8 Å². The van der Waals surface area contributed by atoms with Gasteiger partial charge < -0.3 is 14.2 Å². The van der Waals surface area contributed by atoms with Crippen molar-refractivity contribution in [3.8, 4) is 11.5 Å². The molecular weight excluding hydrogens is 392 g/mol. The van der Waals surface area contributed by atoms with Gasteiger partial charge in [-0.2, -0.15) is 0 Å². The van der Waals surface area contributed by atoms with Gasteiger partial charge in [-0.3, -0.25) is 14.7 Å². The lowest BCUT2D eigenvalue weighted by atomic mass is 10.1. The van der Waals surface area contributed by atoms with Crippen LogP contribution in [0, 0.1) is 0 Å². The first-order valence-corrected chi connectivity index (χ1v) is 9.47. The molecule has 0 atom stereocenters. The van der Waals surface area contributed by atoms with Crippen LogP contribution in [0.25, 0.3) is 6.08 Å². The SMILES string of the molecule is CCN=C1S/C(=C/c2cc(Cl)c(OCC(=O)OC)c(OC)c2)C(=O)N1CC. The molecule has 1 aromatic rings. The van der Waals surface area contributed by atoms with Crippen LogP contribution in [0.4, 0.5) is 0 Å². The minimum absolute atomic E-state index is 0.101. The molecule has 1 aliphatic rings. The summed E-state index contributed by atoms with van der Waals surface area (Å²) >= 11 is 7.61. The maximum Gasteiger partial charge on any atom is 0.343 e. The normalized spacial score (nSPS) is 16.9. The van der Waals surface area contributed by atoms with E-state index in [0.29, 0.717) is 34.5 Å². The van der Waals surface area contributed by atoms with Gasteiger partial charge in [-0.1, -0.05) is 11.6 Å². The van der Waals surface area contributed by atoms with E-state index in [1.54, 1.807) is 23.1 Å². The van der Waals surface area contributed by atoms with Gasteiger partial charge in [-0.05, 0) is 49.4 Å². The second-order valence-corrected chi connectivity index (χ2v) is 6.73. The number of esters is 1. The molecule has 0 saturated carbocycles. The van der Waals surface area contributed by atoms with Gasteiger partial charge >= 0.3 is 5.97 Å². The Kier molecular flexibility index (Phi) is 7.55. The third-order valence-electron chi connectivity index (χ3n) is 3.61. The lowest BCUT2D eigenvalue weighted by Gasteiger charge is -2.13. The summed E-state index contributed by atoms with van der Waals surface area (Å²) in [6, 6.07) is 3.33. The van der Waals surface area contributed by atoms with E-state index in [4.69, 9.17) is 21.1 Å². The number of benzene rings is 1. The molecule has 0 bridgehead atoms. The van der Waals surface area contributed by atoms with E-state index in [0.717, 1.165) is 0 Å². The van der Waals surface area contributed by atoms with Crippen LogP contribution in [0.3, 0.4) is 0 Å². The van der Waals surface area contributed by atoms with Crippen molar-refractivity contribution in [2.24, 2.45) is 4.99 Å². The molecule has 0 aromatic heterocycles. The highest BCUT2D eigenvalue weighted by atomic mass is 35.5. The minimum atomic E-state index is -0.533. The van der Waals surface area contributed by atoms with Crippen molar-refractivity contribution in [2.75, 3.05) is 33.9 Å². The summed E-state index contributed by atoms with van der Waals surface area (Å²) < 4.78 is 15.2. The molecular formula is C18H21ClN2O5S. The van der Waals surface area contributed by atoms with Crippen molar-refractivity contribution < 1.29 is 23.8 Å². The van der Waals surface area contributed by atoms with Crippen molar-refractivity contribution in [3.63, 3.8) is 0 Å². The summed E-state index contributed by atoms with van der Waals surface area (Å²) in [4.78, 5) is 30.4. The number of hydrogen-bond donors (Lipinski definition) is 0. The van der Waals surface area contributed by atoms with E-state index in [1.165, 1.54) is 26.0 Å². The number of thioether (sulfide) groups is 1. The maximum atomic E-state index is 12.6. The van der Waals surface area contributed by atoms with Crippen LogP contribution >= 0.6 is 23.4 Å². The summed E-state index contributed by atoms with van der Waals surface area (Å²) in [6.45, 7) is 4.69. The molecule has 2 rings (SSSR count). The fraction of sp³-hybridized carbons (Fsp3) is 0.389. The number of likely N-dealkylation sites (N-methyl/N-ethyl adjacent to an activating group) is 1. The first-order chi connectivity index (χ1) is 12.9. The number of hydrogen-bond acceptors (Lipinski definition) is 7. The summed E-state index contributed by atoms with van der Waals surface area (Å²) in [5.41, 5.74) is 0.673. The molecule has 0 aliphatic carbocycles. The minimum Gasteiger partial charge on any atom is -0.493 e. The highest BCUT2D eigenvalue weighted by molar-refractivity contribution is 8.18. The highest BCUT2D eigenvalue weighted by Crippen LogP contribution is 2.39. The van der Waals surface area contributed by atoms with E-state index in [-0.39, 0.29) is 23.3 Å². The number of rotatable bonds is 7. The number of aliphatic imine (C=N–C) groups is 1. The number of amides is 1. The lowest BCUT2D eigenvalue weighted by Crippen LogP contribution is -2.28. The molecule has 1 saturated heterocycles. The van der Waals surface area contributed by atoms with Crippen LogP contribution in [0.15, 0.2) is 22.0 Å². The standard InChI is InChI=1S/C18H21ClN2O5S/c1-5-20-18-21(6-2)17(23)14(27-18)9-11-7-12(19)16(13(8-11)24-3)26-10-15(22)25-4/h7-9H,5-6,10H2,1-4H3/b14-9+,20-18?. The topological polar surface area (TPSA) is 77.4 Å². The van der Waals surface area contributed by atoms with E-state index < -0.39 is 5.97 Å². The fourth-order valence-electron chi connectivity index (χ4n) is 2.34. The summed E-state index contributed by atoms with van der Waals surface area (Å²) in [7, 11) is 2.74.